The first-order chi connectivity index (χ1) is 9.77. The Kier molecular flexibility index (Phi) is 6.14. The van der Waals surface area contributed by atoms with Gasteiger partial charge in [0.25, 0.3) is 0 Å². The molecule has 0 fully saturated rings. The molecule has 1 N–H and O–H groups in total. The van der Waals surface area contributed by atoms with E-state index >= 15 is 0 Å². The summed E-state index contributed by atoms with van der Waals surface area (Å²) in [6.07, 6.45) is 2.74. The van der Waals surface area contributed by atoms with Crippen LogP contribution in [0.3, 0.4) is 0 Å². The fraction of sp³-hybridized carbons (Fsp3) is 0.500. The maximum absolute atomic E-state index is 13.3. The fourth-order valence-electron chi connectivity index (χ4n) is 1.96. The van der Waals surface area contributed by atoms with E-state index in [4.69, 9.17) is 0 Å². The summed E-state index contributed by atoms with van der Waals surface area (Å²) >= 11 is 0. The standard InChI is InChI=1S/C14H21FN2O3S/c1-4-5-9-16-14(18)11(2)17(21(3,19)20)13-8-6-7-12(15)10-13/h6-8,10-11H,4-5,9H2,1-3H3,(H,16,18). The number of sulfonamides is 1. The third kappa shape index (κ3) is 5.00. The van der Waals surface area contributed by atoms with Gasteiger partial charge in [-0.1, -0.05) is 19.4 Å². The van der Waals surface area contributed by atoms with Crippen LogP contribution in [0.1, 0.15) is 26.7 Å². The molecule has 0 saturated carbocycles. The Bertz CT molecular complexity index is 590. The van der Waals surface area contributed by atoms with E-state index < -0.39 is 27.8 Å². The van der Waals surface area contributed by atoms with Crippen molar-refractivity contribution in [2.24, 2.45) is 0 Å². The number of carbonyl (C=O) groups excluding carboxylic acids is 1. The molecular formula is C14H21FN2O3S. The molecular weight excluding hydrogens is 295 g/mol. The van der Waals surface area contributed by atoms with Crippen LogP contribution in [-0.4, -0.2) is 33.2 Å². The summed E-state index contributed by atoms with van der Waals surface area (Å²) in [5.74, 6) is -0.960. The Morgan fingerprint density at radius 2 is 2.10 bits per heavy atom. The average molecular weight is 316 g/mol. The van der Waals surface area contributed by atoms with E-state index in [9.17, 15) is 17.6 Å². The zero-order valence-corrected chi connectivity index (χ0v) is 13.3. The van der Waals surface area contributed by atoms with E-state index in [0.29, 0.717) is 6.54 Å². The van der Waals surface area contributed by atoms with Crippen molar-refractivity contribution in [3.8, 4) is 0 Å². The van der Waals surface area contributed by atoms with Crippen molar-refractivity contribution in [2.75, 3.05) is 17.1 Å². The molecule has 0 aliphatic carbocycles. The molecule has 0 aliphatic heterocycles. The minimum absolute atomic E-state index is 0.135. The molecule has 118 valence electrons. The second-order valence-corrected chi connectivity index (χ2v) is 6.72. The van der Waals surface area contributed by atoms with E-state index in [-0.39, 0.29) is 5.69 Å². The summed E-state index contributed by atoms with van der Waals surface area (Å²) in [6.45, 7) is 3.96. The summed E-state index contributed by atoms with van der Waals surface area (Å²) in [5, 5.41) is 2.68. The molecule has 1 aromatic carbocycles. The zero-order chi connectivity index (χ0) is 16.0. The van der Waals surface area contributed by atoms with Crippen molar-refractivity contribution in [3.05, 3.63) is 30.1 Å². The van der Waals surface area contributed by atoms with Gasteiger partial charge in [0.2, 0.25) is 15.9 Å². The highest BCUT2D eigenvalue weighted by Gasteiger charge is 2.29. The third-order valence-corrected chi connectivity index (χ3v) is 4.22. The van der Waals surface area contributed by atoms with E-state index in [1.54, 1.807) is 0 Å². The number of hydrogen-bond donors (Lipinski definition) is 1. The van der Waals surface area contributed by atoms with Gasteiger partial charge in [-0.15, -0.1) is 0 Å². The van der Waals surface area contributed by atoms with Crippen molar-refractivity contribution in [1.29, 1.82) is 0 Å². The van der Waals surface area contributed by atoms with Crippen molar-refractivity contribution in [3.63, 3.8) is 0 Å². The number of anilines is 1. The number of benzene rings is 1. The lowest BCUT2D eigenvalue weighted by Gasteiger charge is -2.28. The van der Waals surface area contributed by atoms with Gasteiger partial charge < -0.3 is 5.32 Å². The predicted octanol–water partition coefficient (Wildman–Crippen LogP) is 1.90. The molecule has 0 spiro atoms. The second-order valence-electron chi connectivity index (χ2n) is 4.86. The van der Waals surface area contributed by atoms with Gasteiger partial charge in [0.1, 0.15) is 11.9 Å². The lowest BCUT2D eigenvalue weighted by atomic mass is 10.2. The SMILES string of the molecule is CCCCNC(=O)C(C)N(c1cccc(F)c1)S(C)(=O)=O. The van der Waals surface area contributed by atoms with Crippen LogP contribution >= 0.6 is 0 Å². The lowest BCUT2D eigenvalue weighted by molar-refractivity contribution is -0.121. The molecule has 0 aromatic heterocycles. The number of unbranched alkanes of at least 4 members (excludes halogenated alkanes) is 1. The first-order valence-corrected chi connectivity index (χ1v) is 8.65. The molecule has 5 nitrogen and oxygen atoms in total. The largest absolute Gasteiger partial charge is 0.354 e. The highest BCUT2D eigenvalue weighted by Crippen LogP contribution is 2.21. The quantitative estimate of drug-likeness (QED) is 0.781. The van der Waals surface area contributed by atoms with Crippen LogP contribution in [0.15, 0.2) is 24.3 Å². The van der Waals surface area contributed by atoms with Crippen LogP contribution in [-0.2, 0) is 14.8 Å². The molecule has 0 heterocycles. The molecule has 0 radical (unpaired) electrons. The Labute approximate surface area is 125 Å². The number of nitrogens with zero attached hydrogens (tertiary/aromatic N) is 1. The number of amides is 1. The van der Waals surface area contributed by atoms with E-state index in [0.717, 1.165) is 29.5 Å². The average Bonchev–Trinajstić information content (AvgIpc) is 2.37. The first kappa shape index (κ1) is 17.4. The molecule has 1 atom stereocenters. The van der Waals surface area contributed by atoms with Gasteiger partial charge in [0.15, 0.2) is 0 Å². The van der Waals surface area contributed by atoms with Gasteiger partial charge >= 0.3 is 0 Å². The highest BCUT2D eigenvalue weighted by molar-refractivity contribution is 7.92. The van der Waals surface area contributed by atoms with Crippen molar-refractivity contribution >= 4 is 21.6 Å². The van der Waals surface area contributed by atoms with Gasteiger partial charge in [0, 0.05) is 6.54 Å². The van der Waals surface area contributed by atoms with Crippen molar-refractivity contribution < 1.29 is 17.6 Å². The molecule has 1 aromatic rings. The second kappa shape index (κ2) is 7.40. The van der Waals surface area contributed by atoms with Crippen LogP contribution in [0, 0.1) is 5.82 Å². The topological polar surface area (TPSA) is 66.5 Å². The molecule has 21 heavy (non-hydrogen) atoms. The minimum Gasteiger partial charge on any atom is -0.354 e. The Balaban J connectivity index is 3.01. The summed E-state index contributed by atoms with van der Waals surface area (Å²) in [7, 11) is -3.70. The van der Waals surface area contributed by atoms with Crippen LogP contribution in [0.25, 0.3) is 0 Å². The maximum Gasteiger partial charge on any atom is 0.243 e. The zero-order valence-electron chi connectivity index (χ0n) is 12.5. The molecule has 1 unspecified atom stereocenters. The summed E-state index contributed by atoms with van der Waals surface area (Å²) in [4.78, 5) is 12.1. The number of carbonyl (C=O) groups is 1. The highest BCUT2D eigenvalue weighted by atomic mass is 32.2. The smallest absolute Gasteiger partial charge is 0.243 e. The Morgan fingerprint density at radius 3 is 2.62 bits per heavy atom. The molecule has 0 saturated heterocycles. The van der Waals surface area contributed by atoms with Gasteiger partial charge in [-0.3, -0.25) is 9.10 Å². The number of nitrogens with one attached hydrogen (secondary N) is 1. The summed E-state index contributed by atoms with van der Waals surface area (Å²) in [5.41, 5.74) is 0.135. The van der Waals surface area contributed by atoms with Crippen LogP contribution in [0.5, 0.6) is 0 Å². The van der Waals surface area contributed by atoms with E-state index in [1.165, 1.54) is 25.1 Å². The lowest BCUT2D eigenvalue weighted by Crippen LogP contribution is -2.48. The molecule has 1 rings (SSSR count). The van der Waals surface area contributed by atoms with E-state index in [1.807, 2.05) is 6.92 Å². The summed E-state index contributed by atoms with van der Waals surface area (Å²) in [6, 6.07) is 4.23. The van der Waals surface area contributed by atoms with Crippen LogP contribution in [0.2, 0.25) is 0 Å². The first-order valence-electron chi connectivity index (χ1n) is 6.80. The molecule has 7 heteroatoms. The normalized spacial score (nSPS) is 12.8. The molecule has 0 aliphatic rings. The van der Waals surface area contributed by atoms with E-state index in [2.05, 4.69) is 5.32 Å². The van der Waals surface area contributed by atoms with Gasteiger partial charge in [-0.05, 0) is 31.5 Å². The number of rotatable bonds is 7. The van der Waals surface area contributed by atoms with Gasteiger partial charge in [-0.2, -0.15) is 0 Å². The fourth-order valence-corrected chi connectivity index (χ4v) is 3.12. The Morgan fingerprint density at radius 1 is 1.43 bits per heavy atom. The van der Waals surface area contributed by atoms with Crippen LogP contribution in [0.4, 0.5) is 10.1 Å². The minimum atomic E-state index is -3.70. The number of halogens is 1. The van der Waals surface area contributed by atoms with Gasteiger partial charge in [-0.25, -0.2) is 12.8 Å². The van der Waals surface area contributed by atoms with Crippen LogP contribution < -0.4 is 9.62 Å². The van der Waals surface area contributed by atoms with Crippen molar-refractivity contribution in [1.82, 2.24) is 5.32 Å². The Hall–Kier alpha value is -1.63. The molecule has 0 bridgehead atoms. The monoisotopic (exact) mass is 316 g/mol. The summed E-state index contributed by atoms with van der Waals surface area (Å²) < 4.78 is 38.1. The van der Waals surface area contributed by atoms with Crippen molar-refractivity contribution in [2.45, 2.75) is 32.7 Å². The van der Waals surface area contributed by atoms with Gasteiger partial charge in [0.05, 0.1) is 11.9 Å². The number of hydrogen-bond acceptors (Lipinski definition) is 3. The maximum atomic E-state index is 13.3. The predicted molar refractivity (Wildman–Crippen MR) is 81.1 cm³/mol. The third-order valence-electron chi connectivity index (χ3n) is 2.98. The molecule has 1 amide bonds.